The normalized spacial score (nSPS) is 12.2. The second kappa shape index (κ2) is 38.1. The van der Waals surface area contributed by atoms with Gasteiger partial charge in [-0.3, -0.25) is 9.59 Å². The van der Waals surface area contributed by atoms with Crippen molar-refractivity contribution in [2.45, 2.75) is 225 Å². The maximum absolute atomic E-state index is 12.2. The Hall–Kier alpha value is -1.36. The predicted octanol–water partition coefficient (Wildman–Crippen LogP) is 12.5. The number of carbonyl (C=O) groups is 2. The average molecular weight is 651 g/mol. The quantitative estimate of drug-likeness (QED) is 0.0411. The maximum Gasteiger partial charge on any atom is 0.306 e. The summed E-state index contributed by atoms with van der Waals surface area (Å²) in [6, 6.07) is 0. The van der Waals surface area contributed by atoms with Crippen LogP contribution in [0, 0.1) is 0 Å². The van der Waals surface area contributed by atoms with Crippen LogP contribution in [0.5, 0.6) is 0 Å². The van der Waals surface area contributed by atoms with E-state index in [-0.39, 0.29) is 25.2 Å². The molecule has 0 aliphatic heterocycles. The molecule has 0 saturated heterocycles. The Morgan fingerprint density at radius 3 is 1.20 bits per heavy atom. The number of rotatable bonds is 37. The van der Waals surface area contributed by atoms with Crippen molar-refractivity contribution in [3.05, 3.63) is 12.2 Å². The van der Waals surface area contributed by atoms with Gasteiger partial charge in [-0.15, -0.1) is 0 Å². The molecule has 0 aromatic rings. The predicted molar refractivity (Wildman–Crippen MR) is 196 cm³/mol. The number of ether oxygens (including phenoxy) is 2. The van der Waals surface area contributed by atoms with Gasteiger partial charge in [-0.1, -0.05) is 180 Å². The number of allylic oxidation sites excluding steroid dienone is 2. The van der Waals surface area contributed by atoms with Gasteiger partial charge in [-0.05, 0) is 38.5 Å². The molecule has 0 heterocycles. The van der Waals surface area contributed by atoms with E-state index >= 15 is 0 Å². The molecule has 0 aromatic carbocycles. The molecule has 1 atom stereocenters. The molecule has 0 aliphatic carbocycles. The lowest BCUT2D eigenvalue weighted by Gasteiger charge is -2.15. The number of unbranched alkanes of at least 4 members (excludes halogenated alkanes) is 27. The Kier molecular flexibility index (Phi) is 37.0. The Morgan fingerprint density at radius 1 is 0.478 bits per heavy atom. The Labute approximate surface area is 286 Å². The minimum atomic E-state index is -0.766. The summed E-state index contributed by atoms with van der Waals surface area (Å²) < 4.78 is 10.6. The molecule has 0 spiro atoms. The summed E-state index contributed by atoms with van der Waals surface area (Å²) >= 11 is 0. The van der Waals surface area contributed by atoms with Crippen LogP contribution in [0.25, 0.3) is 0 Å². The van der Waals surface area contributed by atoms with Crippen molar-refractivity contribution in [2.75, 3.05) is 13.2 Å². The molecule has 0 rings (SSSR count). The molecular formula is C41H78O5. The van der Waals surface area contributed by atoms with Crippen molar-refractivity contribution >= 4 is 11.9 Å². The molecule has 0 bridgehead atoms. The number of hydrogen-bond donors (Lipinski definition) is 1. The second-order valence-electron chi connectivity index (χ2n) is 13.7. The van der Waals surface area contributed by atoms with Crippen LogP contribution < -0.4 is 0 Å². The van der Waals surface area contributed by atoms with Gasteiger partial charge in [0.1, 0.15) is 6.61 Å². The van der Waals surface area contributed by atoms with E-state index in [2.05, 4.69) is 26.0 Å². The maximum atomic E-state index is 12.2. The molecule has 5 nitrogen and oxygen atoms in total. The van der Waals surface area contributed by atoms with Crippen molar-refractivity contribution in [2.24, 2.45) is 0 Å². The van der Waals surface area contributed by atoms with E-state index in [0.29, 0.717) is 12.8 Å². The zero-order chi connectivity index (χ0) is 33.6. The molecule has 0 amide bonds. The van der Waals surface area contributed by atoms with Crippen LogP contribution in [0.3, 0.4) is 0 Å². The van der Waals surface area contributed by atoms with Gasteiger partial charge >= 0.3 is 11.9 Å². The molecule has 0 saturated carbocycles. The summed E-state index contributed by atoms with van der Waals surface area (Å²) in [6.07, 6.45) is 42.7. The summed E-state index contributed by atoms with van der Waals surface area (Å²) in [7, 11) is 0. The highest BCUT2D eigenvalue weighted by Gasteiger charge is 2.16. The molecule has 1 unspecified atom stereocenters. The lowest BCUT2D eigenvalue weighted by atomic mass is 10.0. The third-order valence-electron chi connectivity index (χ3n) is 9.06. The van der Waals surface area contributed by atoms with Crippen LogP contribution in [0.4, 0.5) is 0 Å². The zero-order valence-corrected chi connectivity index (χ0v) is 30.9. The first-order chi connectivity index (χ1) is 22.6. The van der Waals surface area contributed by atoms with Crippen LogP contribution in [0.2, 0.25) is 0 Å². The van der Waals surface area contributed by atoms with Crippen molar-refractivity contribution in [3.8, 4) is 0 Å². The molecule has 0 fully saturated rings. The van der Waals surface area contributed by atoms with E-state index < -0.39 is 6.10 Å². The molecule has 272 valence electrons. The fraction of sp³-hybridized carbons (Fsp3) is 0.902. The number of aliphatic hydroxyl groups excluding tert-OH is 1. The second-order valence-corrected chi connectivity index (χ2v) is 13.7. The minimum absolute atomic E-state index is 0.0614. The van der Waals surface area contributed by atoms with Gasteiger partial charge in [-0.2, -0.15) is 0 Å². The van der Waals surface area contributed by atoms with Crippen molar-refractivity contribution in [1.29, 1.82) is 0 Å². The summed E-state index contributed by atoms with van der Waals surface area (Å²) in [6.45, 7) is 4.14. The standard InChI is InChI=1S/C41H78O5/c1-3-5-7-9-11-13-15-17-19-20-22-23-25-27-29-31-33-35-40(43)45-38-39(37-42)46-41(44)36-34-32-30-28-26-24-21-18-16-14-12-10-8-6-4-2/h14,16,39,42H,3-13,15,17-38H2,1-2H3. The molecule has 0 radical (unpaired) electrons. The Morgan fingerprint density at radius 2 is 0.804 bits per heavy atom. The lowest BCUT2D eigenvalue weighted by molar-refractivity contribution is -0.161. The van der Waals surface area contributed by atoms with E-state index in [0.717, 1.165) is 32.1 Å². The highest BCUT2D eigenvalue weighted by Crippen LogP contribution is 2.15. The summed E-state index contributed by atoms with van der Waals surface area (Å²) in [5.41, 5.74) is 0. The molecule has 1 N–H and O–H groups in total. The third kappa shape index (κ3) is 35.5. The Bertz CT molecular complexity index is 661. The average Bonchev–Trinajstić information content (AvgIpc) is 3.06. The van der Waals surface area contributed by atoms with Crippen molar-refractivity contribution in [1.82, 2.24) is 0 Å². The number of esters is 2. The van der Waals surface area contributed by atoms with E-state index in [1.165, 1.54) is 161 Å². The lowest BCUT2D eigenvalue weighted by Crippen LogP contribution is -2.28. The highest BCUT2D eigenvalue weighted by molar-refractivity contribution is 5.70. The number of hydrogen-bond acceptors (Lipinski definition) is 5. The van der Waals surface area contributed by atoms with Crippen LogP contribution in [0.1, 0.15) is 219 Å². The van der Waals surface area contributed by atoms with Gasteiger partial charge in [0.05, 0.1) is 6.61 Å². The fourth-order valence-electron chi connectivity index (χ4n) is 5.96. The van der Waals surface area contributed by atoms with Crippen LogP contribution in [-0.4, -0.2) is 36.4 Å². The first-order valence-corrected chi connectivity index (χ1v) is 20.2. The largest absolute Gasteiger partial charge is 0.462 e. The topological polar surface area (TPSA) is 72.8 Å². The smallest absolute Gasteiger partial charge is 0.306 e. The summed E-state index contributed by atoms with van der Waals surface area (Å²) in [5.74, 6) is -0.585. The van der Waals surface area contributed by atoms with Crippen molar-refractivity contribution < 1.29 is 24.2 Å². The van der Waals surface area contributed by atoms with Crippen LogP contribution in [0.15, 0.2) is 12.2 Å². The molecule has 46 heavy (non-hydrogen) atoms. The van der Waals surface area contributed by atoms with Gasteiger partial charge in [0.2, 0.25) is 0 Å². The SMILES string of the molecule is CCCCCCC=CCCCCCCCCCC(=O)OC(CO)COC(=O)CCCCCCCCCCCCCCCCCCC. The number of aliphatic hydroxyl groups is 1. The van der Waals surface area contributed by atoms with Crippen LogP contribution in [-0.2, 0) is 19.1 Å². The van der Waals surface area contributed by atoms with E-state index in [1.807, 2.05) is 0 Å². The zero-order valence-electron chi connectivity index (χ0n) is 30.9. The van der Waals surface area contributed by atoms with Crippen LogP contribution >= 0.6 is 0 Å². The first kappa shape index (κ1) is 44.6. The molecule has 0 aliphatic rings. The number of carbonyl (C=O) groups excluding carboxylic acids is 2. The monoisotopic (exact) mass is 651 g/mol. The van der Waals surface area contributed by atoms with E-state index in [1.54, 1.807) is 0 Å². The van der Waals surface area contributed by atoms with Gasteiger partial charge < -0.3 is 14.6 Å². The van der Waals surface area contributed by atoms with Gasteiger partial charge in [0, 0.05) is 12.8 Å². The van der Waals surface area contributed by atoms with Gasteiger partial charge in [0.25, 0.3) is 0 Å². The summed E-state index contributed by atoms with van der Waals surface area (Å²) in [4.78, 5) is 24.2. The first-order valence-electron chi connectivity index (χ1n) is 20.2. The Balaban J connectivity index is 3.51. The van der Waals surface area contributed by atoms with Gasteiger partial charge in [-0.25, -0.2) is 0 Å². The molecule has 0 aromatic heterocycles. The van der Waals surface area contributed by atoms with E-state index in [9.17, 15) is 14.7 Å². The fourth-order valence-corrected chi connectivity index (χ4v) is 5.96. The van der Waals surface area contributed by atoms with Gasteiger partial charge in [0.15, 0.2) is 6.10 Å². The highest BCUT2D eigenvalue weighted by atomic mass is 16.6. The van der Waals surface area contributed by atoms with Crippen molar-refractivity contribution in [3.63, 3.8) is 0 Å². The molecule has 5 heteroatoms. The minimum Gasteiger partial charge on any atom is -0.462 e. The van der Waals surface area contributed by atoms with E-state index in [4.69, 9.17) is 9.47 Å². The summed E-state index contributed by atoms with van der Waals surface area (Å²) in [5, 5.41) is 9.55. The third-order valence-corrected chi connectivity index (χ3v) is 9.06. The molecular weight excluding hydrogens is 572 g/mol.